The molecule has 5 nitrogen and oxygen atoms in total. The highest BCUT2D eigenvalue weighted by molar-refractivity contribution is 5.80. The van der Waals surface area contributed by atoms with Gasteiger partial charge in [0.2, 0.25) is 5.95 Å². The van der Waals surface area contributed by atoms with Crippen molar-refractivity contribution in [1.82, 2.24) is 14.5 Å². The van der Waals surface area contributed by atoms with Gasteiger partial charge in [-0.1, -0.05) is 31.0 Å². The van der Waals surface area contributed by atoms with Crippen LogP contribution in [0.5, 0.6) is 5.75 Å². The molecule has 3 aromatic rings. The van der Waals surface area contributed by atoms with Crippen molar-refractivity contribution in [3.8, 4) is 5.75 Å². The number of benzene rings is 1. The second-order valence-corrected chi connectivity index (χ2v) is 6.68. The van der Waals surface area contributed by atoms with Crippen molar-refractivity contribution in [3.05, 3.63) is 48.3 Å². The number of aromatic nitrogens is 3. The lowest BCUT2D eigenvalue weighted by Gasteiger charge is -2.13. The van der Waals surface area contributed by atoms with Crippen molar-refractivity contribution in [2.75, 3.05) is 18.5 Å². The number of rotatable bonds is 6. The van der Waals surface area contributed by atoms with Crippen LogP contribution in [0.4, 0.5) is 5.95 Å². The molecule has 0 spiro atoms. The van der Waals surface area contributed by atoms with Gasteiger partial charge in [0.15, 0.2) is 0 Å². The summed E-state index contributed by atoms with van der Waals surface area (Å²) in [6, 6.07) is 10.4. The fourth-order valence-corrected chi connectivity index (χ4v) is 3.58. The van der Waals surface area contributed by atoms with Crippen molar-refractivity contribution in [2.24, 2.45) is 0 Å². The molecule has 130 valence electrons. The minimum atomic E-state index is 0.577. The molecule has 0 radical (unpaired) electrons. The Hall–Kier alpha value is -2.56. The molecule has 0 bridgehead atoms. The van der Waals surface area contributed by atoms with Crippen LogP contribution in [0.3, 0.4) is 0 Å². The third-order valence-electron chi connectivity index (χ3n) is 4.89. The van der Waals surface area contributed by atoms with Crippen molar-refractivity contribution >= 4 is 17.0 Å². The van der Waals surface area contributed by atoms with Crippen LogP contribution in [-0.2, 0) is 0 Å². The fraction of sp³-hybridized carbons (Fsp3) is 0.400. The summed E-state index contributed by atoms with van der Waals surface area (Å²) < 4.78 is 8.05. The van der Waals surface area contributed by atoms with Gasteiger partial charge in [-0.05, 0) is 37.5 Å². The highest BCUT2D eigenvalue weighted by Crippen LogP contribution is 2.33. The summed E-state index contributed by atoms with van der Waals surface area (Å²) in [6.45, 7) is 3.38. The van der Waals surface area contributed by atoms with Gasteiger partial charge < -0.3 is 14.6 Å². The maximum absolute atomic E-state index is 5.70. The average molecular weight is 336 g/mol. The van der Waals surface area contributed by atoms with Crippen molar-refractivity contribution < 1.29 is 4.74 Å². The topological polar surface area (TPSA) is 52.0 Å². The van der Waals surface area contributed by atoms with Crippen LogP contribution in [0.25, 0.3) is 11.0 Å². The Kier molecular flexibility index (Phi) is 4.55. The number of aryl methyl sites for hydroxylation is 1. The highest BCUT2D eigenvalue weighted by atomic mass is 16.5. The molecule has 0 unspecified atom stereocenters. The monoisotopic (exact) mass is 336 g/mol. The molecule has 2 heterocycles. The van der Waals surface area contributed by atoms with Gasteiger partial charge >= 0.3 is 0 Å². The predicted octanol–water partition coefficient (Wildman–Crippen LogP) is 4.35. The first kappa shape index (κ1) is 15.9. The summed E-state index contributed by atoms with van der Waals surface area (Å²) in [5, 5.41) is 4.42. The molecule has 1 aliphatic carbocycles. The van der Waals surface area contributed by atoms with E-state index in [0.29, 0.717) is 25.1 Å². The van der Waals surface area contributed by atoms with Gasteiger partial charge in [0.05, 0.1) is 6.54 Å². The SMILES string of the molecule is Cc1cn(C2CCCC2)c2nc(NCCOc3ccccc3)ncc12. The third kappa shape index (κ3) is 3.45. The van der Waals surface area contributed by atoms with Crippen LogP contribution in [-0.4, -0.2) is 27.7 Å². The van der Waals surface area contributed by atoms with Crippen LogP contribution in [0, 0.1) is 6.92 Å². The van der Waals surface area contributed by atoms with Gasteiger partial charge in [-0.25, -0.2) is 4.98 Å². The molecule has 1 aromatic carbocycles. The second kappa shape index (κ2) is 7.13. The number of para-hydroxylation sites is 1. The van der Waals surface area contributed by atoms with Crippen molar-refractivity contribution in [2.45, 2.75) is 38.6 Å². The van der Waals surface area contributed by atoms with Gasteiger partial charge in [0.1, 0.15) is 18.0 Å². The minimum Gasteiger partial charge on any atom is -0.492 e. The number of hydrogen-bond donors (Lipinski definition) is 1. The first-order valence-electron chi connectivity index (χ1n) is 9.07. The Morgan fingerprint density at radius 3 is 2.80 bits per heavy atom. The zero-order valence-corrected chi connectivity index (χ0v) is 14.6. The summed E-state index contributed by atoms with van der Waals surface area (Å²) in [5.74, 6) is 1.55. The van der Waals surface area contributed by atoms with E-state index in [1.807, 2.05) is 36.5 Å². The number of nitrogens with zero attached hydrogens (tertiary/aromatic N) is 3. The maximum Gasteiger partial charge on any atom is 0.224 e. The largest absolute Gasteiger partial charge is 0.492 e. The van der Waals surface area contributed by atoms with Gasteiger partial charge in [0.25, 0.3) is 0 Å². The van der Waals surface area contributed by atoms with E-state index in [9.17, 15) is 0 Å². The Labute approximate surface area is 148 Å². The van der Waals surface area contributed by atoms with Gasteiger partial charge in [-0.2, -0.15) is 4.98 Å². The van der Waals surface area contributed by atoms with Gasteiger partial charge in [0, 0.05) is 23.8 Å². The molecule has 1 aliphatic rings. The lowest BCUT2D eigenvalue weighted by Crippen LogP contribution is -2.13. The molecule has 0 aliphatic heterocycles. The molecule has 0 amide bonds. The van der Waals surface area contributed by atoms with E-state index >= 15 is 0 Å². The summed E-state index contributed by atoms with van der Waals surface area (Å²) in [6.07, 6.45) is 9.30. The Morgan fingerprint density at radius 2 is 2.00 bits per heavy atom. The summed E-state index contributed by atoms with van der Waals surface area (Å²) >= 11 is 0. The molecule has 1 saturated carbocycles. The lowest BCUT2D eigenvalue weighted by atomic mass is 10.2. The second-order valence-electron chi connectivity index (χ2n) is 6.68. The molecule has 1 fully saturated rings. The first-order valence-corrected chi connectivity index (χ1v) is 9.07. The zero-order chi connectivity index (χ0) is 17.1. The third-order valence-corrected chi connectivity index (χ3v) is 4.89. The van der Waals surface area contributed by atoms with E-state index in [4.69, 9.17) is 9.72 Å². The Bertz CT molecular complexity index is 838. The van der Waals surface area contributed by atoms with E-state index in [1.54, 1.807) is 0 Å². The number of nitrogens with one attached hydrogen (secondary N) is 1. The number of ether oxygens (including phenoxy) is 1. The van der Waals surface area contributed by atoms with Crippen LogP contribution in [0.15, 0.2) is 42.7 Å². The van der Waals surface area contributed by atoms with E-state index in [0.717, 1.165) is 16.8 Å². The molecule has 1 N–H and O–H groups in total. The molecule has 2 aromatic heterocycles. The van der Waals surface area contributed by atoms with Crippen LogP contribution < -0.4 is 10.1 Å². The molecule has 4 rings (SSSR count). The summed E-state index contributed by atoms with van der Waals surface area (Å²) in [4.78, 5) is 9.23. The lowest BCUT2D eigenvalue weighted by molar-refractivity contribution is 0.332. The van der Waals surface area contributed by atoms with E-state index < -0.39 is 0 Å². The summed E-state index contributed by atoms with van der Waals surface area (Å²) in [5.41, 5.74) is 2.30. The first-order chi connectivity index (χ1) is 12.3. The molecule has 0 atom stereocenters. The quantitative estimate of drug-likeness (QED) is 0.680. The molecular formula is C20H24N4O. The average Bonchev–Trinajstić information content (AvgIpc) is 3.28. The molecule has 5 heteroatoms. The fourth-order valence-electron chi connectivity index (χ4n) is 3.58. The zero-order valence-electron chi connectivity index (χ0n) is 14.6. The Morgan fingerprint density at radius 1 is 1.20 bits per heavy atom. The summed E-state index contributed by atoms with van der Waals surface area (Å²) in [7, 11) is 0. The van der Waals surface area contributed by atoms with Crippen LogP contribution in [0.2, 0.25) is 0 Å². The van der Waals surface area contributed by atoms with E-state index in [1.165, 1.54) is 31.2 Å². The number of fused-ring (bicyclic) bond motifs is 1. The highest BCUT2D eigenvalue weighted by Gasteiger charge is 2.20. The Balaban J connectivity index is 1.44. The number of hydrogen-bond acceptors (Lipinski definition) is 4. The normalized spacial score (nSPS) is 14.9. The standard InChI is InChI=1S/C20H24N4O/c1-15-14-24(16-7-5-6-8-16)19-18(15)13-22-20(23-19)21-11-12-25-17-9-3-2-4-10-17/h2-4,9-10,13-14,16H,5-8,11-12H2,1H3,(H,21,22,23). The van der Waals surface area contributed by atoms with Crippen molar-refractivity contribution in [3.63, 3.8) is 0 Å². The molecular weight excluding hydrogens is 312 g/mol. The minimum absolute atomic E-state index is 0.577. The van der Waals surface area contributed by atoms with Crippen LogP contribution >= 0.6 is 0 Å². The van der Waals surface area contributed by atoms with E-state index in [2.05, 4.69) is 28.0 Å². The molecule has 0 saturated heterocycles. The predicted molar refractivity (Wildman–Crippen MR) is 100 cm³/mol. The molecule has 25 heavy (non-hydrogen) atoms. The van der Waals surface area contributed by atoms with Crippen molar-refractivity contribution in [1.29, 1.82) is 0 Å². The smallest absolute Gasteiger partial charge is 0.224 e. The van der Waals surface area contributed by atoms with Gasteiger partial charge in [-0.15, -0.1) is 0 Å². The maximum atomic E-state index is 5.70. The van der Waals surface area contributed by atoms with E-state index in [-0.39, 0.29) is 0 Å². The van der Waals surface area contributed by atoms with Gasteiger partial charge in [-0.3, -0.25) is 0 Å². The number of anilines is 1. The van der Waals surface area contributed by atoms with Crippen LogP contribution in [0.1, 0.15) is 37.3 Å².